The quantitative estimate of drug-likeness (QED) is 0.180. The van der Waals surface area contributed by atoms with E-state index in [1.165, 1.54) is 94.9 Å². The fourth-order valence-electron chi connectivity index (χ4n) is 6.57. The highest BCUT2D eigenvalue weighted by atomic mass is 32.1. The van der Waals surface area contributed by atoms with Gasteiger partial charge in [-0.05, 0) is 105 Å². The predicted octanol–water partition coefficient (Wildman–Crippen LogP) is 12.2. The van der Waals surface area contributed by atoms with E-state index in [0.717, 1.165) is 0 Å². The van der Waals surface area contributed by atoms with Gasteiger partial charge in [-0.3, -0.25) is 0 Å². The van der Waals surface area contributed by atoms with Crippen LogP contribution in [0.25, 0.3) is 83.8 Å². The molecule has 0 bridgehead atoms. The molecule has 9 aromatic rings. The van der Waals surface area contributed by atoms with Crippen molar-refractivity contribution in [1.82, 2.24) is 0 Å². The molecule has 188 valence electrons. The SMILES string of the molecule is Cc1ccc2c(c1)sc1c3ccc(-c4ccc5c(c4)sc4cc(C)c6cc7ccccc7cc6c45)cc3ccc21. The van der Waals surface area contributed by atoms with E-state index >= 15 is 0 Å². The normalized spacial score (nSPS) is 12.2. The molecule has 2 aromatic heterocycles. The van der Waals surface area contributed by atoms with Crippen LogP contribution in [-0.2, 0) is 0 Å². The number of aryl methyl sites for hydroxylation is 2. The third-order valence-corrected chi connectivity index (χ3v) is 10.9. The summed E-state index contributed by atoms with van der Waals surface area (Å²) in [5.41, 5.74) is 5.21. The Hall–Kier alpha value is -4.24. The van der Waals surface area contributed by atoms with Crippen LogP contribution in [-0.4, -0.2) is 0 Å². The van der Waals surface area contributed by atoms with Crippen LogP contribution in [0.2, 0.25) is 0 Å². The smallest absolute Gasteiger partial charge is 0.0433 e. The molecule has 0 fully saturated rings. The number of hydrogen-bond donors (Lipinski definition) is 0. The highest BCUT2D eigenvalue weighted by Gasteiger charge is 2.14. The standard InChI is InChI=1S/C38H24S2/c1-21-7-11-29-30-13-10-27-17-25(8-12-28(27)38(30)40-34(29)15-21)26-9-14-31-35(20-26)39-36-16-22(2)32-18-23-5-3-4-6-24(23)19-33(32)37(31)36/h3-20H,1-2H3. The molecule has 0 aliphatic carbocycles. The van der Waals surface area contributed by atoms with Crippen LogP contribution in [0.1, 0.15) is 11.1 Å². The van der Waals surface area contributed by atoms with Crippen LogP contribution < -0.4 is 0 Å². The van der Waals surface area contributed by atoms with Crippen molar-refractivity contribution in [2.75, 3.05) is 0 Å². The summed E-state index contributed by atoms with van der Waals surface area (Å²) in [7, 11) is 0. The Morgan fingerprint density at radius 1 is 0.425 bits per heavy atom. The molecule has 2 heteroatoms. The lowest BCUT2D eigenvalue weighted by Crippen LogP contribution is -1.82. The van der Waals surface area contributed by atoms with Crippen molar-refractivity contribution >= 4 is 95.3 Å². The van der Waals surface area contributed by atoms with Gasteiger partial charge in [-0.2, -0.15) is 0 Å². The number of hydrogen-bond acceptors (Lipinski definition) is 2. The van der Waals surface area contributed by atoms with Gasteiger partial charge in [0.1, 0.15) is 0 Å². The first-order valence-corrected chi connectivity index (χ1v) is 15.4. The molecule has 0 saturated heterocycles. The molecule has 2 heterocycles. The van der Waals surface area contributed by atoms with Gasteiger partial charge in [-0.1, -0.05) is 72.8 Å². The van der Waals surface area contributed by atoms with Crippen molar-refractivity contribution in [2.24, 2.45) is 0 Å². The second-order valence-electron chi connectivity index (χ2n) is 11.1. The molecule has 0 amide bonds. The first kappa shape index (κ1) is 22.6. The Labute approximate surface area is 239 Å². The fraction of sp³-hybridized carbons (Fsp3) is 0.0526. The van der Waals surface area contributed by atoms with Gasteiger partial charge in [0.2, 0.25) is 0 Å². The molecular formula is C38H24S2. The third-order valence-electron chi connectivity index (χ3n) is 8.59. The lowest BCUT2D eigenvalue weighted by molar-refractivity contribution is 1.52. The zero-order valence-corrected chi connectivity index (χ0v) is 23.8. The van der Waals surface area contributed by atoms with Crippen LogP contribution in [0.5, 0.6) is 0 Å². The van der Waals surface area contributed by atoms with Crippen molar-refractivity contribution in [3.63, 3.8) is 0 Å². The van der Waals surface area contributed by atoms with Gasteiger partial charge in [0.05, 0.1) is 0 Å². The molecule has 0 radical (unpaired) electrons. The van der Waals surface area contributed by atoms with Gasteiger partial charge in [-0.25, -0.2) is 0 Å². The van der Waals surface area contributed by atoms with Gasteiger partial charge in [0.25, 0.3) is 0 Å². The number of rotatable bonds is 1. The molecule has 0 aliphatic heterocycles. The molecule has 9 rings (SSSR count). The van der Waals surface area contributed by atoms with Crippen molar-refractivity contribution in [2.45, 2.75) is 13.8 Å². The average molecular weight is 545 g/mol. The molecule has 0 aliphatic rings. The van der Waals surface area contributed by atoms with Gasteiger partial charge in [-0.15, -0.1) is 22.7 Å². The van der Waals surface area contributed by atoms with Crippen LogP contribution in [0.4, 0.5) is 0 Å². The molecule has 0 nitrogen and oxygen atoms in total. The molecule has 40 heavy (non-hydrogen) atoms. The lowest BCUT2D eigenvalue weighted by Gasteiger charge is -2.08. The average Bonchev–Trinajstić information content (AvgIpc) is 3.53. The monoisotopic (exact) mass is 544 g/mol. The Morgan fingerprint density at radius 3 is 1.98 bits per heavy atom. The molecular weight excluding hydrogens is 521 g/mol. The first-order chi connectivity index (χ1) is 19.6. The highest BCUT2D eigenvalue weighted by molar-refractivity contribution is 7.27. The van der Waals surface area contributed by atoms with Gasteiger partial charge < -0.3 is 0 Å². The van der Waals surface area contributed by atoms with Crippen LogP contribution in [0, 0.1) is 13.8 Å². The summed E-state index contributed by atoms with van der Waals surface area (Å²) in [5, 5.41) is 13.4. The zero-order chi connectivity index (χ0) is 26.5. The van der Waals surface area contributed by atoms with Crippen molar-refractivity contribution in [3.05, 3.63) is 120 Å². The summed E-state index contributed by atoms with van der Waals surface area (Å²) in [6.45, 7) is 4.42. The van der Waals surface area contributed by atoms with Crippen LogP contribution in [0.3, 0.4) is 0 Å². The van der Waals surface area contributed by atoms with Crippen LogP contribution >= 0.6 is 22.7 Å². The van der Waals surface area contributed by atoms with E-state index in [9.17, 15) is 0 Å². The van der Waals surface area contributed by atoms with E-state index in [1.807, 2.05) is 22.7 Å². The van der Waals surface area contributed by atoms with Crippen molar-refractivity contribution in [3.8, 4) is 11.1 Å². The highest BCUT2D eigenvalue weighted by Crippen LogP contribution is 2.43. The summed E-state index contributed by atoms with van der Waals surface area (Å²) in [4.78, 5) is 0. The van der Waals surface area contributed by atoms with E-state index in [1.54, 1.807) is 0 Å². The molecule has 0 spiro atoms. The second-order valence-corrected chi connectivity index (χ2v) is 13.2. The van der Waals surface area contributed by atoms with E-state index in [2.05, 4.69) is 123 Å². The minimum atomic E-state index is 1.27. The van der Waals surface area contributed by atoms with E-state index in [-0.39, 0.29) is 0 Å². The van der Waals surface area contributed by atoms with Crippen molar-refractivity contribution in [1.29, 1.82) is 0 Å². The fourth-order valence-corrected chi connectivity index (χ4v) is 9.17. The maximum Gasteiger partial charge on any atom is 0.0433 e. The minimum Gasteiger partial charge on any atom is -0.135 e. The maximum atomic E-state index is 2.39. The molecule has 0 atom stereocenters. The predicted molar refractivity (Wildman–Crippen MR) is 180 cm³/mol. The zero-order valence-electron chi connectivity index (χ0n) is 22.2. The van der Waals surface area contributed by atoms with E-state index in [4.69, 9.17) is 0 Å². The summed E-state index contributed by atoms with van der Waals surface area (Å²) >= 11 is 3.83. The summed E-state index contributed by atoms with van der Waals surface area (Å²) < 4.78 is 5.48. The van der Waals surface area contributed by atoms with Crippen LogP contribution in [0.15, 0.2) is 109 Å². The summed E-state index contributed by atoms with van der Waals surface area (Å²) in [6.07, 6.45) is 0. The Bertz CT molecular complexity index is 2500. The maximum absolute atomic E-state index is 2.39. The molecule has 7 aromatic carbocycles. The largest absolute Gasteiger partial charge is 0.135 e. The Kier molecular flexibility index (Phi) is 4.59. The van der Waals surface area contributed by atoms with Gasteiger partial charge >= 0.3 is 0 Å². The first-order valence-electron chi connectivity index (χ1n) is 13.8. The Morgan fingerprint density at radius 2 is 1.12 bits per heavy atom. The van der Waals surface area contributed by atoms with E-state index < -0.39 is 0 Å². The number of thiophene rings is 2. The summed E-state index contributed by atoms with van der Waals surface area (Å²) in [5.74, 6) is 0. The van der Waals surface area contributed by atoms with Gasteiger partial charge in [0.15, 0.2) is 0 Å². The minimum absolute atomic E-state index is 1.27. The lowest BCUT2D eigenvalue weighted by atomic mass is 9.95. The second kappa shape index (κ2) is 8.14. The third kappa shape index (κ3) is 3.18. The number of benzene rings is 7. The van der Waals surface area contributed by atoms with Gasteiger partial charge in [0, 0.05) is 40.3 Å². The number of fused-ring (bicyclic) bond motifs is 11. The molecule has 0 saturated carbocycles. The molecule has 0 unspecified atom stereocenters. The Balaban J connectivity index is 1.23. The topological polar surface area (TPSA) is 0 Å². The van der Waals surface area contributed by atoms with E-state index in [0.29, 0.717) is 0 Å². The molecule has 0 N–H and O–H groups in total. The van der Waals surface area contributed by atoms with Crippen molar-refractivity contribution < 1.29 is 0 Å². The summed E-state index contributed by atoms with van der Waals surface area (Å²) in [6, 6.07) is 41.3.